The number of rotatable bonds is 6. The SMILES string of the molecule is CCc1nnsc1C(=O)OCC(=O)Nc1ccc(N2CCCCC2)cc1. The largest absolute Gasteiger partial charge is 0.451 e. The van der Waals surface area contributed by atoms with Crippen LogP contribution in [0.2, 0.25) is 0 Å². The van der Waals surface area contributed by atoms with E-state index in [1.165, 1.54) is 24.9 Å². The summed E-state index contributed by atoms with van der Waals surface area (Å²) in [5.74, 6) is -0.938. The molecule has 0 unspecified atom stereocenters. The molecule has 3 rings (SSSR count). The number of aryl methyl sites for hydroxylation is 1. The van der Waals surface area contributed by atoms with Crippen LogP contribution >= 0.6 is 11.5 Å². The van der Waals surface area contributed by atoms with Gasteiger partial charge < -0.3 is 15.0 Å². The van der Waals surface area contributed by atoms with Gasteiger partial charge in [0.2, 0.25) is 0 Å². The van der Waals surface area contributed by atoms with Crippen LogP contribution in [-0.2, 0) is 16.0 Å². The van der Waals surface area contributed by atoms with Crippen molar-refractivity contribution in [3.63, 3.8) is 0 Å². The molecule has 8 heteroatoms. The first kappa shape index (κ1) is 18.3. The van der Waals surface area contributed by atoms with Gasteiger partial charge in [0.05, 0.1) is 5.69 Å². The third-order valence-electron chi connectivity index (χ3n) is 4.28. The Labute approximate surface area is 156 Å². The van der Waals surface area contributed by atoms with Crippen LogP contribution in [0.3, 0.4) is 0 Å². The van der Waals surface area contributed by atoms with E-state index in [1.54, 1.807) is 0 Å². The van der Waals surface area contributed by atoms with Crippen LogP contribution in [0.1, 0.15) is 41.6 Å². The van der Waals surface area contributed by atoms with Crippen LogP contribution in [0.25, 0.3) is 0 Å². The summed E-state index contributed by atoms with van der Waals surface area (Å²) >= 11 is 0.981. The van der Waals surface area contributed by atoms with Crippen molar-refractivity contribution in [1.82, 2.24) is 9.59 Å². The van der Waals surface area contributed by atoms with Gasteiger partial charge in [-0.05, 0) is 61.5 Å². The second kappa shape index (κ2) is 8.75. The van der Waals surface area contributed by atoms with Gasteiger partial charge in [0.15, 0.2) is 11.5 Å². The summed E-state index contributed by atoms with van der Waals surface area (Å²) in [6.45, 7) is 3.70. The molecule has 0 saturated carbocycles. The van der Waals surface area contributed by atoms with Crippen molar-refractivity contribution in [2.24, 2.45) is 0 Å². The number of nitrogens with one attached hydrogen (secondary N) is 1. The topological polar surface area (TPSA) is 84.4 Å². The van der Waals surface area contributed by atoms with Crippen LogP contribution in [0, 0.1) is 0 Å². The zero-order chi connectivity index (χ0) is 18.4. The highest BCUT2D eigenvalue weighted by Crippen LogP contribution is 2.21. The van der Waals surface area contributed by atoms with Crippen molar-refractivity contribution in [3.05, 3.63) is 34.8 Å². The van der Waals surface area contributed by atoms with E-state index < -0.39 is 5.97 Å². The number of hydrogen-bond donors (Lipinski definition) is 1. The van der Waals surface area contributed by atoms with Gasteiger partial charge in [-0.3, -0.25) is 4.79 Å². The number of hydrogen-bond acceptors (Lipinski definition) is 7. The number of amides is 1. The van der Waals surface area contributed by atoms with Crippen molar-refractivity contribution >= 4 is 34.8 Å². The number of carbonyl (C=O) groups excluding carboxylic acids is 2. The molecule has 1 aromatic heterocycles. The zero-order valence-corrected chi connectivity index (χ0v) is 15.6. The van der Waals surface area contributed by atoms with E-state index in [4.69, 9.17) is 4.74 Å². The molecule has 1 N–H and O–H groups in total. The maximum Gasteiger partial charge on any atom is 0.352 e. The summed E-state index contributed by atoms with van der Waals surface area (Å²) in [6, 6.07) is 7.74. The van der Waals surface area contributed by atoms with Gasteiger partial charge in [0.25, 0.3) is 5.91 Å². The Hall–Kier alpha value is -2.48. The number of nitrogens with zero attached hydrogens (tertiary/aromatic N) is 3. The van der Waals surface area contributed by atoms with Gasteiger partial charge in [-0.15, -0.1) is 5.10 Å². The lowest BCUT2D eigenvalue weighted by atomic mass is 10.1. The molecule has 0 aliphatic carbocycles. The van der Waals surface area contributed by atoms with E-state index in [0.29, 0.717) is 22.7 Å². The van der Waals surface area contributed by atoms with Crippen molar-refractivity contribution in [3.8, 4) is 0 Å². The van der Waals surface area contributed by atoms with E-state index in [0.717, 1.165) is 24.6 Å². The lowest BCUT2D eigenvalue weighted by Crippen LogP contribution is -2.29. The summed E-state index contributed by atoms with van der Waals surface area (Å²) in [4.78, 5) is 26.7. The normalized spacial score (nSPS) is 14.1. The molecule has 1 aromatic carbocycles. The summed E-state index contributed by atoms with van der Waals surface area (Å²) in [7, 11) is 0. The number of esters is 1. The highest BCUT2D eigenvalue weighted by atomic mass is 32.1. The van der Waals surface area contributed by atoms with Gasteiger partial charge in [-0.2, -0.15) is 0 Å². The van der Waals surface area contributed by atoms with Gasteiger partial charge in [0.1, 0.15) is 0 Å². The second-order valence-corrected chi connectivity index (χ2v) is 6.88. The summed E-state index contributed by atoms with van der Waals surface area (Å²) in [6.07, 6.45) is 4.33. The molecule has 1 aliphatic heterocycles. The number of anilines is 2. The zero-order valence-electron chi connectivity index (χ0n) is 14.7. The smallest absolute Gasteiger partial charge is 0.352 e. The average molecular weight is 374 g/mol. The maximum atomic E-state index is 12.0. The van der Waals surface area contributed by atoms with Crippen molar-refractivity contribution in [2.45, 2.75) is 32.6 Å². The molecule has 2 aromatic rings. The Balaban J connectivity index is 1.49. The van der Waals surface area contributed by atoms with Crippen LogP contribution < -0.4 is 10.2 Å². The van der Waals surface area contributed by atoms with Crippen LogP contribution in [0.15, 0.2) is 24.3 Å². The fourth-order valence-corrected chi connectivity index (χ4v) is 3.54. The lowest BCUT2D eigenvalue weighted by Gasteiger charge is -2.28. The Bertz CT molecular complexity index is 754. The molecule has 26 heavy (non-hydrogen) atoms. The first-order chi connectivity index (χ1) is 12.7. The molecule has 0 bridgehead atoms. The van der Waals surface area contributed by atoms with Crippen molar-refractivity contribution in [2.75, 3.05) is 29.9 Å². The van der Waals surface area contributed by atoms with Crippen molar-refractivity contribution < 1.29 is 14.3 Å². The number of aromatic nitrogens is 2. The van der Waals surface area contributed by atoms with Crippen LogP contribution in [0.4, 0.5) is 11.4 Å². The van der Waals surface area contributed by atoms with Gasteiger partial charge in [0, 0.05) is 24.5 Å². The molecule has 7 nitrogen and oxygen atoms in total. The van der Waals surface area contributed by atoms with Gasteiger partial charge in [-0.1, -0.05) is 11.4 Å². The quantitative estimate of drug-likeness (QED) is 0.783. The third-order valence-corrected chi connectivity index (χ3v) is 5.03. The Kier molecular flexibility index (Phi) is 6.17. The molecule has 0 radical (unpaired) electrons. The minimum atomic E-state index is -0.563. The summed E-state index contributed by atoms with van der Waals surface area (Å²) < 4.78 is 8.79. The standard InChI is InChI=1S/C18H22N4O3S/c1-2-15-17(26-21-20-15)18(24)25-12-16(23)19-13-6-8-14(9-7-13)22-10-4-3-5-11-22/h6-9H,2-5,10-12H2,1H3,(H,19,23). The Morgan fingerprint density at radius 2 is 1.92 bits per heavy atom. The van der Waals surface area contributed by atoms with E-state index in [1.807, 2.05) is 31.2 Å². The highest BCUT2D eigenvalue weighted by Gasteiger charge is 2.18. The van der Waals surface area contributed by atoms with Crippen LogP contribution in [-0.4, -0.2) is 41.2 Å². The molecule has 0 spiro atoms. The number of piperidine rings is 1. The predicted octanol–water partition coefficient (Wildman–Crippen LogP) is 2.89. The first-order valence-electron chi connectivity index (χ1n) is 8.80. The summed E-state index contributed by atoms with van der Waals surface area (Å²) in [5, 5.41) is 6.60. The Morgan fingerprint density at radius 1 is 1.19 bits per heavy atom. The minimum absolute atomic E-state index is 0.340. The molecule has 1 amide bonds. The van der Waals surface area contributed by atoms with Crippen LogP contribution in [0.5, 0.6) is 0 Å². The first-order valence-corrected chi connectivity index (χ1v) is 9.58. The molecule has 138 valence electrons. The molecule has 1 aliphatic rings. The maximum absolute atomic E-state index is 12.0. The predicted molar refractivity (Wildman–Crippen MR) is 101 cm³/mol. The van der Waals surface area contributed by atoms with Gasteiger partial charge in [-0.25, -0.2) is 4.79 Å². The fraction of sp³-hybridized carbons (Fsp3) is 0.444. The molecule has 2 heterocycles. The monoisotopic (exact) mass is 374 g/mol. The van der Waals surface area contributed by atoms with Crippen molar-refractivity contribution in [1.29, 1.82) is 0 Å². The molecule has 1 fully saturated rings. The average Bonchev–Trinajstić information content (AvgIpc) is 3.16. The lowest BCUT2D eigenvalue weighted by molar-refractivity contribution is -0.119. The minimum Gasteiger partial charge on any atom is -0.451 e. The van der Waals surface area contributed by atoms with E-state index in [2.05, 4.69) is 19.8 Å². The van der Waals surface area contributed by atoms with E-state index in [9.17, 15) is 9.59 Å². The number of benzene rings is 1. The molecule has 0 atom stereocenters. The summed E-state index contributed by atoms with van der Waals surface area (Å²) in [5.41, 5.74) is 2.44. The second-order valence-electron chi connectivity index (χ2n) is 6.12. The van der Waals surface area contributed by atoms with E-state index >= 15 is 0 Å². The molecule has 1 saturated heterocycles. The Morgan fingerprint density at radius 3 is 2.62 bits per heavy atom. The van der Waals surface area contributed by atoms with Gasteiger partial charge >= 0.3 is 5.97 Å². The van der Waals surface area contributed by atoms with E-state index in [-0.39, 0.29) is 12.5 Å². The molecular formula is C18H22N4O3S. The molecular weight excluding hydrogens is 352 g/mol. The highest BCUT2D eigenvalue weighted by molar-refractivity contribution is 7.07. The number of ether oxygens (including phenoxy) is 1. The number of carbonyl (C=O) groups is 2. The fourth-order valence-electron chi connectivity index (χ4n) is 2.90. The third kappa shape index (κ3) is 4.57.